The van der Waals surface area contributed by atoms with E-state index in [2.05, 4.69) is 43.4 Å². The summed E-state index contributed by atoms with van der Waals surface area (Å²) in [4.78, 5) is 17.7. The van der Waals surface area contributed by atoms with E-state index >= 15 is 0 Å². The molecule has 2 aromatic carbocycles. The third-order valence-electron chi connectivity index (χ3n) is 4.68. The van der Waals surface area contributed by atoms with E-state index in [1.54, 1.807) is 7.05 Å². The number of ether oxygens (including phenoxy) is 1. The van der Waals surface area contributed by atoms with Crippen LogP contribution < -0.4 is 5.32 Å². The Hall–Kier alpha value is -2.66. The molecule has 2 aromatic rings. The molecule has 5 nitrogen and oxygen atoms in total. The third-order valence-corrected chi connectivity index (χ3v) is 4.68. The fourth-order valence-electron chi connectivity index (χ4n) is 3.09. The Balaban J connectivity index is 2.20. The van der Waals surface area contributed by atoms with Crippen molar-refractivity contribution < 1.29 is 14.4 Å². The number of hydrogen-bond donors (Lipinski definition) is 1. The van der Waals surface area contributed by atoms with Crippen LogP contribution in [0, 0.1) is 20.8 Å². The van der Waals surface area contributed by atoms with Gasteiger partial charge in [-0.1, -0.05) is 41.1 Å². The molecule has 0 saturated carbocycles. The van der Waals surface area contributed by atoms with E-state index in [1.807, 2.05) is 31.2 Å². The van der Waals surface area contributed by atoms with Crippen LogP contribution in [0.1, 0.15) is 46.4 Å². The average molecular weight is 368 g/mol. The molecule has 27 heavy (non-hydrogen) atoms. The molecule has 1 N–H and O–H groups in total. The summed E-state index contributed by atoms with van der Waals surface area (Å²) in [5.41, 5.74) is 7.17. The number of likely N-dealkylation sites (N-methyl/N-ethyl adjacent to an activating group) is 1. The van der Waals surface area contributed by atoms with Crippen molar-refractivity contribution in [2.24, 2.45) is 5.16 Å². The van der Waals surface area contributed by atoms with Crippen molar-refractivity contribution in [2.75, 3.05) is 14.2 Å². The molecule has 0 heterocycles. The molecule has 5 heteroatoms. The fourth-order valence-corrected chi connectivity index (χ4v) is 3.09. The summed E-state index contributed by atoms with van der Waals surface area (Å²) in [5, 5.41) is 6.92. The van der Waals surface area contributed by atoms with Gasteiger partial charge in [-0.3, -0.25) is 4.79 Å². The topological polar surface area (TPSA) is 59.9 Å². The minimum atomic E-state index is -0.679. The molecule has 1 atom stereocenters. The Morgan fingerprint density at radius 2 is 1.89 bits per heavy atom. The number of rotatable bonds is 7. The van der Waals surface area contributed by atoms with Gasteiger partial charge in [0.05, 0.1) is 5.71 Å². The van der Waals surface area contributed by atoms with E-state index in [1.165, 1.54) is 23.8 Å². The molecular weight excluding hydrogens is 340 g/mol. The SMILES string of the molecule is CNC(=O)C(OC)c1ccccc1CO/N=C(\C)c1cc(C)cc(C)c1C. The number of aryl methyl sites for hydroxylation is 2. The zero-order valence-corrected chi connectivity index (χ0v) is 16.9. The van der Waals surface area contributed by atoms with Crippen LogP contribution in [0.5, 0.6) is 0 Å². The highest BCUT2D eigenvalue weighted by molar-refractivity contribution is 6.00. The minimum absolute atomic E-state index is 0.199. The largest absolute Gasteiger partial charge is 0.391 e. The third kappa shape index (κ3) is 4.95. The van der Waals surface area contributed by atoms with Crippen LogP contribution in [0.2, 0.25) is 0 Å². The Morgan fingerprint density at radius 1 is 1.19 bits per heavy atom. The van der Waals surface area contributed by atoms with Gasteiger partial charge in [-0.05, 0) is 56.0 Å². The molecule has 0 radical (unpaired) electrons. The minimum Gasteiger partial charge on any atom is -0.391 e. The quantitative estimate of drug-likeness (QED) is 0.594. The molecule has 2 rings (SSSR count). The summed E-state index contributed by atoms with van der Waals surface area (Å²) in [5.74, 6) is -0.199. The molecule has 1 unspecified atom stereocenters. The highest BCUT2D eigenvalue weighted by Crippen LogP contribution is 2.22. The van der Waals surface area contributed by atoms with Gasteiger partial charge < -0.3 is 14.9 Å². The van der Waals surface area contributed by atoms with Crippen LogP contribution in [0.15, 0.2) is 41.6 Å². The highest BCUT2D eigenvalue weighted by atomic mass is 16.6. The Morgan fingerprint density at radius 3 is 2.56 bits per heavy atom. The first-order valence-electron chi connectivity index (χ1n) is 8.96. The lowest BCUT2D eigenvalue weighted by atomic mass is 9.97. The first-order valence-corrected chi connectivity index (χ1v) is 8.96. The normalized spacial score (nSPS) is 12.6. The number of methoxy groups -OCH3 is 1. The number of benzene rings is 2. The number of nitrogens with zero attached hydrogens (tertiary/aromatic N) is 1. The second kappa shape index (κ2) is 9.33. The summed E-state index contributed by atoms with van der Waals surface area (Å²) in [7, 11) is 3.11. The molecule has 0 aliphatic carbocycles. The van der Waals surface area contributed by atoms with Crippen LogP contribution in [0.3, 0.4) is 0 Å². The van der Waals surface area contributed by atoms with Gasteiger partial charge in [-0.2, -0.15) is 0 Å². The lowest BCUT2D eigenvalue weighted by Gasteiger charge is -2.17. The lowest BCUT2D eigenvalue weighted by molar-refractivity contribution is -0.130. The molecule has 0 aliphatic rings. The molecule has 0 bridgehead atoms. The molecule has 144 valence electrons. The molecular formula is C22H28N2O3. The number of amides is 1. The van der Waals surface area contributed by atoms with Gasteiger partial charge in [-0.15, -0.1) is 0 Å². The van der Waals surface area contributed by atoms with Crippen molar-refractivity contribution in [2.45, 2.75) is 40.4 Å². The standard InChI is InChI=1S/C22H28N2O3/c1-14-11-15(2)16(3)20(12-14)17(4)24-27-13-18-9-7-8-10-19(18)21(26-6)22(25)23-5/h7-12,21H,13H2,1-6H3,(H,23,25)/b24-17+. The first-order chi connectivity index (χ1) is 12.9. The monoisotopic (exact) mass is 368 g/mol. The fraction of sp³-hybridized carbons (Fsp3) is 0.364. The van der Waals surface area contributed by atoms with E-state index in [0.29, 0.717) is 0 Å². The van der Waals surface area contributed by atoms with Crippen LogP contribution in [-0.4, -0.2) is 25.8 Å². The van der Waals surface area contributed by atoms with Crippen LogP contribution in [0.4, 0.5) is 0 Å². The molecule has 0 aromatic heterocycles. The van der Waals surface area contributed by atoms with Crippen molar-refractivity contribution in [3.63, 3.8) is 0 Å². The Bertz CT molecular complexity index is 843. The number of carbonyl (C=O) groups is 1. The van der Waals surface area contributed by atoms with Gasteiger partial charge in [0, 0.05) is 19.7 Å². The predicted octanol–water partition coefficient (Wildman–Crippen LogP) is 3.99. The molecule has 0 spiro atoms. The molecule has 0 saturated heterocycles. The first kappa shape index (κ1) is 20.6. The lowest BCUT2D eigenvalue weighted by Crippen LogP contribution is -2.27. The zero-order chi connectivity index (χ0) is 20.0. The van der Waals surface area contributed by atoms with Gasteiger partial charge in [0.25, 0.3) is 5.91 Å². The van der Waals surface area contributed by atoms with Crippen molar-refractivity contribution in [1.82, 2.24) is 5.32 Å². The van der Waals surface area contributed by atoms with E-state index in [-0.39, 0.29) is 12.5 Å². The van der Waals surface area contributed by atoms with Gasteiger partial charge in [-0.25, -0.2) is 0 Å². The van der Waals surface area contributed by atoms with E-state index in [0.717, 1.165) is 22.4 Å². The van der Waals surface area contributed by atoms with Gasteiger partial charge in [0.15, 0.2) is 6.10 Å². The maximum Gasteiger partial charge on any atom is 0.253 e. The van der Waals surface area contributed by atoms with Crippen molar-refractivity contribution in [3.8, 4) is 0 Å². The average Bonchev–Trinajstić information content (AvgIpc) is 2.66. The number of oxime groups is 1. The maximum atomic E-state index is 12.1. The summed E-state index contributed by atoms with van der Waals surface area (Å²) >= 11 is 0. The maximum absolute atomic E-state index is 12.1. The molecule has 0 aliphatic heterocycles. The van der Waals surface area contributed by atoms with E-state index < -0.39 is 6.10 Å². The smallest absolute Gasteiger partial charge is 0.253 e. The summed E-state index contributed by atoms with van der Waals surface area (Å²) in [6, 6.07) is 11.8. The second-order valence-electron chi connectivity index (χ2n) is 6.63. The van der Waals surface area contributed by atoms with Crippen molar-refractivity contribution in [1.29, 1.82) is 0 Å². The summed E-state index contributed by atoms with van der Waals surface area (Å²) < 4.78 is 5.37. The van der Waals surface area contributed by atoms with Gasteiger partial charge in [0.1, 0.15) is 6.61 Å². The summed E-state index contributed by atoms with van der Waals surface area (Å²) in [6.45, 7) is 8.46. The van der Waals surface area contributed by atoms with Crippen LogP contribution in [0.25, 0.3) is 0 Å². The van der Waals surface area contributed by atoms with E-state index in [9.17, 15) is 4.79 Å². The molecule has 1 amide bonds. The van der Waals surface area contributed by atoms with Crippen molar-refractivity contribution >= 4 is 11.6 Å². The predicted molar refractivity (Wildman–Crippen MR) is 108 cm³/mol. The van der Waals surface area contributed by atoms with Crippen LogP contribution >= 0.6 is 0 Å². The zero-order valence-electron chi connectivity index (χ0n) is 16.9. The Kier molecular flexibility index (Phi) is 7.13. The highest BCUT2D eigenvalue weighted by Gasteiger charge is 2.21. The van der Waals surface area contributed by atoms with Gasteiger partial charge in [0.2, 0.25) is 0 Å². The second-order valence-corrected chi connectivity index (χ2v) is 6.63. The van der Waals surface area contributed by atoms with E-state index in [4.69, 9.17) is 9.57 Å². The summed E-state index contributed by atoms with van der Waals surface area (Å²) in [6.07, 6.45) is -0.679. The number of nitrogens with one attached hydrogen (secondary N) is 1. The van der Waals surface area contributed by atoms with Crippen molar-refractivity contribution in [3.05, 3.63) is 69.8 Å². The number of carbonyl (C=O) groups excluding carboxylic acids is 1. The number of hydrogen-bond acceptors (Lipinski definition) is 4. The Labute approximate surface area is 161 Å². The van der Waals surface area contributed by atoms with Crippen LogP contribution in [-0.2, 0) is 21.0 Å². The van der Waals surface area contributed by atoms with Gasteiger partial charge >= 0.3 is 0 Å². The molecule has 0 fully saturated rings.